The molecule has 0 spiro atoms. The second-order valence-corrected chi connectivity index (χ2v) is 12.8. The summed E-state index contributed by atoms with van der Waals surface area (Å²) in [7, 11) is 1.33. The van der Waals surface area contributed by atoms with Gasteiger partial charge in [-0.3, -0.25) is 9.36 Å². The van der Waals surface area contributed by atoms with Crippen molar-refractivity contribution in [2.45, 2.75) is 54.6 Å². The number of nitriles is 2. The van der Waals surface area contributed by atoms with Crippen LogP contribution in [0.4, 0.5) is 23.3 Å². The molecule has 2 N–H and O–H groups in total. The summed E-state index contributed by atoms with van der Waals surface area (Å²) in [4.78, 5) is 31.4. The molecule has 0 aliphatic rings. The van der Waals surface area contributed by atoms with E-state index in [0.29, 0.717) is 58.9 Å². The Morgan fingerprint density at radius 1 is 0.812 bits per heavy atom. The molecule has 0 amide bonds. The van der Waals surface area contributed by atoms with Gasteiger partial charge in [-0.1, -0.05) is 6.07 Å². The summed E-state index contributed by atoms with van der Waals surface area (Å²) in [6.07, 6.45) is 10.3. The Morgan fingerprint density at radius 2 is 1.31 bits per heavy atom. The van der Waals surface area contributed by atoms with E-state index in [2.05, 4.69) is 42.9 Å². The summed E-state index contributed by atoms with van der Waals surface area (Å²) < 4.78 is 8.51. The number of hydrogen-bond acceptors (Lipinski definition) is 12. The van der Waals surface area contributed by atoms with E-state index in [9.17, 15) is 15.3 Å². The molecule has 5 rings (SSSR count). The Kier molecular flexibility index (Phi) is 9.20. The molecule has 0 unspecified atom stereocenters. The molecule has 4 heterocycles. The number of aryl methyl sites for hydroxylation is 2. The minimum atomic E-state index is -0.579. The van der Waals surface area contributed by atoms with E-state index in [1.54, 1.807) is 52.6 Å². The molecule has 14 nitrogen and oxygen atoms in total. The lowest BCUT2D eigenvalue weighted by Crippen LogP contribution is -2.17. The minimum absolute atomic E-state index is 0.305. The quantitative estimate of drug-likeness (QED) is 0.160. The molecule has 0 aliphatic heterocycles. The maximum absolute atomic E-state index is 12.9. The van der Waals surface area contributed by atoms with Crippen LogP contribution in [0.2, 0.25) is 0 Å². The molecule has 1 aromatic carbocycles. The number of aromatic nitrogens is 8. The van der Waals surface area contributed by atoms with Crippen molar-refractivity contribution in [2.24, 2.45) is 10.8 Å². The molecule has 0 fully saturated rings. The fraction of sp³-hybridized carbons (Fsp3) is 0.324. The Balaban J connectivity index is 1.47. The molecule has 5 aromatic rings. The van der Waals surface area contributed by atoms with Crippen molar-refractivity contribution >= 4 is 29.2 Å². The van der Waals surface area contributed by atoms with E-state index >= 15 is 0 Å². The van der Waals surface area contributed by atoms with Crippen LogP contribution in [-0.2, 0) is 17.8 Å². The lowest BCUT2D eigenvalue weighted by Gasteiger charge is -2.15. The zero-order valence-electron chi connectivity index (χ0n) is 27.9. The third kappa shape index (κ3) is 7.62. The predicted molar refractivity (Wildman–Crippen MR) is 179 cm³/mol. The smallest absolute Gasteiger partial charge is 0.338 e. The Hall–Kier alpha value is -6.15. The number of ether oxygens (including phenoxy) is 1. The molecule has 0 radical (unpaired) electrons. The summed E-state index contributed by atoms with van der Waals surface area (Å²) >= 11 is 0. The van der Waals surface area contributed by atoms with Crippen molar-refractivity contribution in [3.63, 3.8) is 0 Å². The van der Waals surface area contributed by atoms with Gasteiger partial charge in [-0.05, 0) is 64.8 Å². The van der Waals surface area contributed by atoms with Crippen molar-refractivity contribution in [2.75, 3.05) is 17.7 Å². The largest absolute Gasteiger partial charge is 0.465 e. The standard InChI is InChI=1S/C34H36N12O2/c1-21-11-37-31(41-24-13-39-45(15-24)19-33(3,4)17-35)43-28(21)23-8-9-26(30(47)48-7)27(10-23)29-22(2)12-38-32(44-29)42-25-14-40-46(16-25)20-34(5,6)18-36/h8-16H,19-20H2,1-7H3,(H,37,41,43)(H,38,42,44). The van der Waals surface area contributed by atoms with Crippen LogP contribution in [0, 0.1) is 47.3 Å². The molecule has 0 saturated heterocycles. The number of methoxy groups -OCH3 is 1. The van der Waals surface area contributed by atoms with Gasteiger partial charge in [0.15, 0.2) is 0 Å². The molecular weight excluding hydrogens is 608 g/mol. The average Bonchev–Trinajstić information content (AvgIpc) is 3.69. The Morgan fingerprint density at radius 3 is 1.81 bits per heavy atom. The lowest BCUT2D eigenvalue weighted by molar-refractivity contribution is 0.0601. The third-order valence-corrected chi connectivity index (χ3v) is 7.40. The molecule has 48 heavy (non-hydrogen) atoms. The maximum Gasteiger partial charge on any atom is 0.338 e. The summed E-state index contributed by atoms with van der Waals surface area (Å²) in [5.41, 5.74) is 4.55. The van der Waals surface area contributed by atoms with Gasteiger partial charge in [-0.15, -0.1) is 0 Å². The van der Waals surface area contributed by atoms with Crippen molar-refractivity contribution in [1.29, 1.82) is 10.5 Å². The molecule has 0 bridgehead atoms. The van der Waals surface area contributed by atoms with Gasteiger partial charge >= 0.3 is 5.97 Å². The summed E-state index contributed by atoms with van der Waals surface area (Å²) in [5.74, 6) is 0.153. The molecule has 14 heteroatoms. The predicted octanol–water partition coefficient (Wildman–Crippen LogP) is 5.98. The monoisotopic (exact) mass is 644 g/mol. The highest BCUT2D eigenvalue weighted by Gasteiger charge is 2.22. The first-order valence-corrected chi connectivity index (χ1v) is 15.1. The molecule has 0 aliphatic carbocycles. The third-order valence-electron chi connectivity index (χ3n) is 7.40. The van der Waals surface area contributed by atoms with E-state index < -0.39 is 16.8 Å². The molecular formula is C34H36N12O2. The Bertz CT molecular complexity index is 2060. The van der Waals surface area contributed by atoms with Crippen molar-refractivity contribution in [3.05, 3.63) is 72.1 Å². The first-order chi connectivity index (χ1) is 22.8. The fourth-order valence-corrected chi connectivity index (χ4v) is 4.91. The van der Waals surface area contributed by atoms with Crippen LogP contribution < -0.4 is 10.6 Å². The van der Waals surface area contributed by atoms with Crippen LogP contribution >= 0.6 is 0 Å². The number of carbonyl (C=O) groups is 1. The number of nitrogens with one attached hydrogen (secondary N) is 2. The summed E-state index contributed by atoms with van der Waals surface area (Å²) in [6, 6.07) is 9.92. The fourth-order valence-electron chi connectivity index (χ4n) is 4.91. The van der Waals surface area contributed by atoms with Crippen LogP contribution in [-0.4, -0.2) is 52.6 Å². The second kappa shape index (κ2) is 13.3. The first kappa shape index (κ1) is 33.2. The van der Waals surface area contributed by atoms with E-state index in [1.165, 1.54) is 7.11 Å². The van der Waals surface area contributed by atoms with Crippen molar-refractivity contribution in [1.82, 2.24) is 39.5 Å². The highest BCUT2D eigenvalue weighted by molar-refractivity contribution is 5.98. The molecule has 244 valence electrons. The molecule has 4 aromatic heterocycles. The molecule has 0 atom stereocenters. The van der Waals surface area contributed by atoms with Crippen LogP contribution in [0.3, 0.4) is 0 Å². The van der Waals surface area contributed by atoms with Gasteiger partial charge in [0, 0.05) is 35.9 Å². The number of benzene rings is 1. The van der Waals surface area contributed by atoms with Crippen molar-refractivity contribution in [3.8, 4) is 34.7 Å². The van der Waals surface area contributed by atoms with Crippen LogP contribution in [0.25, 0.3) is 22.5 Å². The van der Waals surface area contributed by atoms with Gasteiger partial charge in [-0.25, -0.2) is 24.7 Å². The number of carbonyl (C=O) groups excluding carboxylic acids is 1. The van der Waals surface area contributed by atoms with Crippen LogP contribution in [0.15, 0.2) is 55.4 Å². The van der Waals surface area contributed by atoms with Gasteiger partial charge in [0.05, 0.1) is 83.9 Å². The van der Waals surface area contributed by atoms with Crippen LogP contribution in [0.5, 0.6) is 0 Å². The second-order valence-electron chi connectivity index (χ2n) is 12.8. The number of esters is 1. The van der Waals surface area contributed by atoms with Crippen molar-refractivity contribution < 1.29 is 9.53 Å². The highest BCUT2D eigenvalue weighted by Crippen LogP contribution is 2.33. The zero-order chi connectivity index (χ0) is 34.6. The first-order valence-electron chi connectivity index (χ1n) is 15.1. The average molecular weight is 645 g/mol. The Labute approximate surface area is 278 Å². The van der Waals surface area contributed by atoms with E-state index in [0.717, 1.165) is 16.7 Å². The maximum atomic E-state index is 12.9. The summed E-state index contributed by atoms with van der Waals surface area (Å²) in [6.45, 7) is 12.0. The SMILES string of the molecule is COC(=O)c1ccc(-c2nc(Nc3cnn(CC(C)(C)C#N)c3)ncc2C)cc1-c1nc(Nc2cnn(CC(C)(C)C#N)c2)ncc1C. The van der Waals surface area contributed by atoms with Gasteiger partial charge in [0.2, 0.25) is 11.9 Å². The normalized spacial score (nSPS) is 11.4. The number of anilines is 4. The summed E-state index contributed by atoms with van der Waals surface area (Å²) in [5, 5.41) is 33.8. The zero-order valence-corrected chi connectivity index (χ0v) is 27.9. The number of hydrogen-bond donors (Lipinski definition) is 2. The minimum Gasteiger partial charge on any atom is -0.465 e. The van der Waals surface area contributed by atoms with E-state index in [-0.39, 0.29) is 0 Å². The van der Waals surface area contributed by atoms with Gasteiger partial charge in [-0.2, -0.15) is 20.7 Å². The van der Waals surface area contributed by atoms with Gasteiger partial charge < -0.3 is 15.4 Å². The topological polar surface area (TPSA) is 185 Å². The lowest BCUT2D eigenvalue weighted by atomic mass is 9.96. The number of rotatable bonds is 11. The highest BCUT2D eigenvalue weighted by atomic mass is 16.5. The van der Waals surface area contributed by atoms with E-state index in [4.69, 9.17) is 14.7 Å². The molecule has 0 saturated carbocycles. The van der Waals surface area contributed by atoms with Crippen LogP contribution in [0.1, 0.15) is 49.2 Å². The van der Waals surface area contributed by atoms with Gasteiger partial charge in [0.25, 0.3) is 0 Å². The van der Waals surface area contributed by atoms with E-state index in [1.807, 2.05) is 53.7 Å². The number of nitrogens with zero attached hydrogens (tertiary/aromatic N) is 10. The van der Waals surface area contributed by atoms with Gasteiger partial charge in [0.1, 0.15) is 0 Å².